The normalized spacial score (nSPS) is 15.2. The number of carbonyl (C=O) groups excluding carboxylic acids is 1. The molecule has 1 amide bonds. The molecule has 5 nitrogen and oxygen atoms in total. The van der Waals surface area contributed by atoms with E-state index in [1.807, 2.05) is 12.1 Å². The molecule has 0 unspecified atom stereocenters. The maximum absolute atomic E-state index is 12.9. The van der Waals surface area contributed by atoms with E-state index in [1.165, 1.54) is 12.1 Å². The second kappa shape index (κ2) is 7.42. The minimum Gasteiger partial charge on any atom is -0.478 e. The minimum atomic E-state index is -0.911. The number of benzene rings is 1. The zero-order chi connectivity index (χ0) is 17.8. The first-order valence-electron chi connectivity index (χ1n) is 8.26. The third kappa shape index (κ3) is 4.02. The average molecular weight is 342 g/mol. The highest BCUT2D eigenvalue weighted by Crippen LogP contribution is 2.24. The van der Waals surface area contributed by atoms with E-state index in [0.717, 1.165) is 24.6 Å². The van der Waals surface area contributed by atoms with Crippen molar-refractivity contribution in [1.29, 1.82) is 0 Å². The minimum absolute atomic E-state index is 0.190. The molecular formula is C19H19FN2O3. The van der Waals surface area contributed by atoms with Crippen molar-refractivity contribution >= 4 is 11.9 Å². The zero-order valence-corrected chi connectivity index (χ0v) is 13.7. The summed E-state index contributed by atoms with van der Waals surface area (Å²) in [7, 11) is 0. The molecule has 0 aliphatic carbocycles. The van der Waals surface area contributed by atoms with Crippen molar-refractivity contribution < 1.29 is 19.1 Å². The van der Waals surface area contributed by atoms with E-state index in [4.69, 9.17) is 0 Å². The van der Waals surface area contributed by atoms with Gasteiger partial charge in [0.2, 0.25) is 0 Å². The van der Waals surface area contributed by atoms with Gasteiger partial charge in [0.1, 0.15) is 11.5 Å². The first-order valence-corrected chi connectivity index (χ1v) is 8.26. The van der Waals surface area contributed by atoms with E-state index in [1.54, 1.807) is 17.0 Å². The van der Waals surface area contributed by atoms with E-state index in [2.05, 4.69) is 4.98 Å². The van der Waals surface area contributed by atoms with E-state index in [0.29, 0.717) is 31.0 Å². The number of carboxylic acid groups (broad SMARTS) is 1. The Bertz CT molecular complexity index is 768. The van der Waals surface area contributed by atoms with Gasteiger partial charge in [-0.3, -0.25) is 4.79 Å². The van der Waals surface area contributed by atoms with Crippen molar-refractivity contribution in [2.24, 2.45) is 5.92 Å². The summed E-state index contributed by atoms with van der Waals surface area (Å²) in [6.45, 7) is 1.19. The van der Waals surface area contributed by atoms with Gasteiger partial charge in [-0.2, -0.15) is 0 Å². The number of aromatic nitrogens is 1. The first-order chi connectivity index (χ1) is 12.0. The van der Waals surface area contributed by atoms with Crippen LogP contribution in [0.2, 0.25) is 0 Å². The molecule has 2 heterocycles. The summed E-state index contributed by atoms with van der Waals surface area (Å²) in [6.07, 6.45) is 3.35. The molecule has 0 atom stereocenters. The lowest BCUT2D eigenvalue weighted by atomic mass is 9.88. The number of aromatic carboxylic acids is 1. The number of carboxylic acids is 1. The van der Waals surface area contributed by atoms with Crippen LogP contribution >= 0.6 is 0 Å². The van der Waals surface area contributed by atoms with Gasteiger partial charge < -0.3 is 10.0 Å². The summed E-state index contributed by atoms with van der Waals surface area (Å²) in [5.41, 5.74) is 1.42. The quantitative estimate of drug-likeness (QED) is 0.927. The molecule has 1 aromatic carbocycles. The van der Waals surface area contributed by atoms with Crippen LogP contribution in [0, 0.1) is 11.7 Å². The van der Waals surface area contributed by atoms with Crippen molar-refractivity contribution in [3.8, 4) is 0 Å². The van der Waals surface area contributed by atoms with Crippen LogP contribution < -0.4 is 0 Å². The maximum atomic E-state index is 12.9. The van der Waals surface area contributed by atoms with Crippen LogP contribution in [-0.4, -0.2) is 40.0 Å². The molecule has 1 aliphatic rings. The number of nitrogens with zero attached hydrogens (tertiary/aromatic N) is 2. The fourth-order valence-electron chi connectivity index (χ4n) is 3.22. The monoisotopic (exact) mass is 342 g/mol. The number of piperidine rings is 1. The van der Waals surface area contributed by atoms with Crippen molar-refractivity contribution in [2.75, 3.05) is 13.1 Å². The number of hydrogen-bond acceptors (Lipinski definition) is 3. The summed E-state index contributed by atoms with van der Waals surface area (Å²) in [5, 5.41) is 9.27. The van der Waals surface area contributed by atoms with Crippen LogP contribution in [0.4, 0.5) is 4.39 Å². The molecule has 1 N–H and O–H groups in total. The third-order valence-electron chi connectivity index (χ3n) is 4.60. The van der Waals surface area contributed by atoms with Crippen LogP contribution in [0.15, 0.2) is 42.6 Å². The highest BCUT2D eigenvalue weighted by atomic mass is 19.1. The molecule has 1 aromatic heterocycles. The van der Waals surface area contributed by atoms with Crippen LogP contribution in [-0.2, 0) is 6.42 Å². The number of hydrogen-bond donors (Lipinski definition) is 1. The number of carbonyl (C=O) groups is 2. The van der Waals surface area contributed by atoms with Crippen LogP contribution in [0.5, 0.6) is 0 Å². The SMILES string of the molecule is O=C(O)c1ccccc1CC1CCN(C(=O)c2ccc(F)cn2)CC1. The summed E-state index contributed by atoms with van der Waals surface area (Å²) >= 11 is 0. The van der Waals surface area contributed by atoms with Crippen molar-refractivity contribution in [3.63, 3.8) is 0 Å². The molecule has 0 bridgehead atoms. The Balaban J connectivity index is 1.60. The number of likely N-dealkylation sites (tertiary alicyclic amines) is 1. The Morgan fingerprint density at radius 3 is 2.52 bits per heavy atom. The molecule has 1 fully saturated rings. The standard InChI is InChI=1S/C19H19FN2O3/c20-15-5-6-17(21-12-15)18(23)22-9-7-13(8-10-22)11-14-3-1-2-4-16(14)19(24)25/h1-6,12-13H,7-11H2,(H,24,25). The van der Waals surface area contributed by atoms with Gasteiger partial charge in [0.25, 0.3) is 5.91 Å². The molecule has 0 radical (unpaired) electrons. The van der Waals surface area contributed by atoms with Crippen molar-refractivity contribution in [3.05, 3.63) is 65.2 Å². The first kappa shape index (κ1) is 17.1. The van der Waals surface area contributed by atoms with Crippen LogP contribution in [0.3, 0.4) is 0 Å². The predicted molar refractivity (Wildman–Crippen MR) is 89.9 cm³/mol. The zero-order valence-electron chi connectivity index (χ0n) is 13.7. The predicted octanol–water partition coefficient (Wildman–Crippen LogP) is 3.01. The molecule has 1 aliphatic heterocycles. The van der Waals surface area contributed by atoms with Gasteiger partial charge in [0.15, 0.2) is 0 Å². The topological polar surface area (TPSA) is 70.5 Å². The van der Waals surface area contributed by atoms with Gasteiger partial charge in [-0.25, -0.2) is 14.2 Å². The van der Waals surface area contributed by atoms with Gasteiger partial charge in [-0.05, 0) is 48.9 Å². The fraction of sp³-hybridized carbons (Fsp3) is 0.316. The summed E-state index contributed by atoms with van der Waals surface area (Å²) in [6, 6.07) is 9.67. The Kier molecular flexibility index (Phi) is 5.07. The molecule has 0 spiro atoms. The molecule has 25 heavy (non-hydrogen) atoms. The molecule has 2 aromatic rings. The van der Waals surface area contributed by atoms with E-state index in [9.17, 15) is 19.1 Å². The van der Waals surface area contributed by atoms with Gasteiger partial charge >= 0.3 is 5.97 Å². The molecule has 1 saturated heterocycles. The van der Waals surface area contributed by atoms with Gasteiger partial charge in [-0.15, -0.1) is 0 Å². The number of amides is 1. The Morgan fingerprint density at radius 1 is 1.16 bits per heavy atom. The lowest BCUT2D eigenvalue weighted by molar-refractivity contribution is 0.0684. The molecule has 130 valence electrons. The largest absolute Gasteiger partial charge is 0.478 e. The highest BCUT2D eigenvalue weighted by Gasteiger charge is 2.25. The lowest BCUT2D eigenvalue weighted by Gasteiger charge is -2.32. The van der Waals surface area contributed by atoms with Crippen LogP contribution in [0.1, 0.15) is 39.3 Å². The number of pyridine rings is 1. The van der Waals surface area contributed by atoms with E-state index < -0.39 is 11.8 Å². The Hall–Kier alpha value is -2.76. The lowest BCUT2D eigenvalue weighted by Crippen LogP contribution is -2.39. The summed E-state index contributed by atoms with van der Waals surface area (Å²) < 4.78 is 12.9. The highest BCUT2D eigenvalue weighted by molar-refractivity contribution is 5.92. The number of halogens is 1. The smallest absolute Gasteiger partial charge is 0.335 e. The van der Waals surface area contributed by atoms with E-state index in [-0.39, 0.29) is 11.6 Å². The summed E-state index contributed by atoms with van der Waals surface area (Å²) in [5.74, 6) is -1.23. The second-order valence-electron chi connectivity index (χ2n) is 6.26. The Morgan fingerprint density at radius 2 is 1.88 bits per heavy atom. The van der Waals surface area contributed by atoms with Crippen molar-refractivity contribution in [2.45, 2.75) is 19.3 Å². The summed E-state index contributed by atoms with van der Waals surface area (Å²) in [4.78, 5) is 29.2. The van der Waals surface area contributed by atoms with Gasteiger partial charge in [-0.1, -0.05) is 18.2 Å². The maximum Gasteiger partial charge on any atom is 0.335 e. The van der Waals surface area contributed by atoms with Crippen LogP contribution in [0.25, 0.3) is 0 Å². The molecule has 6 heteroatoms. The van der Waals surface area contributed by atoms with E-state index >= 15 is 0 Å². The van der Waals surface area contributed by atoms with Gasteiger partial charge in [0, 0.05) is 13.1 Å². The second-order valence-corrected chi connectivity index (χ2v) is 6.26. The van der Waals surface area contributed by atoms with Crippen molar-refractivity contribution in [1.82, 2.24) is 9.88 Å². The van der Waals surface area contributed by atoms with Gasteiger partial charge in [0.05, 0.1) is 11.8 Å². The Labute approximate surface area is 145 Å². The molecule has 3 rings (SSSR count). The number of rotatable bonds is 4. The molecule has 0 saturated carbocycles. The molecular weight excluding hydrogens is 323 g/mol. The fourth-order valence-corrected chi connectivity index (χ4v) is 3.22. The average Bonchev–Trinajstić information content (AvgIpc) is 2.63. The third-order valence-corrected chi connectivity index (χ3v) is 4.60.